The number of rotatable bonds is 5. The number of nitrogens with zero attached hydrogens (tertiary/aromatic N) is 1. The lowest BCUT2D eigenvalue weighted by Gasteiger charge is -2.16. The second kappa shape index (κ2) is 7.33. The van der Waals surface area contributed by atoms with Crippen molar-refractivity contribution in [2.24, 2.45) is 0 Å². The van der Waals surface area contributed by atoms with Gasteiger partial charge in [-0.1, -0.05) is 18.2 Å². The number of benzene rings is 2. The van der Waals surface area contributed by atoms with E-state index in [0.717, 1.165) is 0 Å². The lowest BCUT2D eigenvalue weighted by Crippen LogP contribution is -2.40. The van der Waals surface area contributed by atoms with Crippen molar-refractivity contribution in [3.05, 3.63) is 54.6 Å². The summed E-state index contributed by atoms with van der Waals surface area (Å²) < 4.78 is 34.8. The Balaban J connectivity index is 1.70. The first-order valence-electron chi connectivity index (χ1n) is 7.38. The number of hydrogen-bond donors (Lipinski definition) is 2. The fraction of sp³-hybridized carbons (Fsp3) is 0.250. The fourth-order valence-electron chi connectivity index (χ4n) is 2.43. The quantitative estimate of drug-likeness (QED) is 0.614. The molecule has 1 aliphatic heterocycles. The Kier molecular flexibility index (Phi) is 5.36. The fourth-order valence-corrected chi connectivity index (χ4v) is 4.56. The predicted molar refractivity (Wildman–Crippen MR) is 97.3 cm³/mol. The predicted octanol–water partition coefficient (Wildman–Crippen LogP) is 2.89. The van der Waals surface area contributed by atoms with Crippen molar-refractivity contribution in [1.82, 2.24) is 9.14 Å². The molecule has 0 aliphatic carbocycles. The second-order valence-corrected chi connectivity index (χ2v) is 8.36. The Morgan fingerprint density at radius 1 is 1.04 bits per heavy atom. The Morgan fingerprint density at radius 3 is 2.25 bits per heavy atom. The van der Waals surface area contributed by atoms with Crippen molar-refractivity contribution >= 4 is 34.4 Å². The molecule has 2 atom stereocenters. The molecule has 3 rings (SSSR count). The summed E-state index contributed by atoms with van der Waals surface area (Å²) >= 11 is 10.3. The number of para-hydroxylation sites is 1. The van der Waals surface area contributed by atoms with Crippen LogP contribution in [0.3, 0.4) is 0 Å². The summed E-state index contributed by atoms with van der Waals surface area (Å²) in [7, 11) is -3.63. The largest absolute Gasteiger partial charge is 0.457 e. The second-order valence-electron chi connectivity index (χ2n) is 5.51. The Labute approximate surface area is 152 Å². The molecule has 0 unspecified atom stereocenters. The highest BCUT2D eigenvalue weighted by molar-refractivity contribution is 7.89. The van der Waals surface area contributed by atoms with Crippen molar-refractivity contribution in [2.75, 3.05) is 13.1 Å². The van der Waals surface area contributed by atoms with Crippen LogP contribution in [-0.4, -0.2) is 37.2 Å². The molecule has 2 aromatic rings. The van der Waals surface area contributed by atoms with Crippen molar-refractivity contribution < 1.29 is 13.2 Å². The molecular formula is C16H17ClN2O3S2. The molecule has 128 valence electrons. The van der Waals surface area contributed by atoms with Crippen LogP contribution in [0.2, 0.25) is 0 Å². The van der Waals surface area contributed by atoms with Gasteiger partial charge in [-0.05, 0) is 48.2 Å². The van der Waals surface area contributed by atoms with Gasteiger partial charge in [-0.3, -0.25) is 0 Å². The van der Waals surface area contributed by atoms with Crippen LogP contribution in [0.5, 0.6) is 11.5 Å². The molecule has 1 saturated heterocycles. The molecule has 1 N–H and O–H groups in total. The van der Waals surface area contributed by atoms with Gasteiger partial charge in [0.25, 0.3) is 0 Å². The van der Waals surface area contributed by atoms with Gasteiger partial charge in [0.15, 0.2) is 0 Å². The van der Waals surface area contributed by atoms with Crippen LogP contribution in [-0.2, 0) is 10.0 Å². The average Bonchev–Trinajstić information content (AvgIpc) is 2.86. The molecule has 5 nitrogen and oxygen atoms in total. The third-order valence-electron chi connectivity index (χ3n) is 3.66. The van der Waals surface area contributed by atoms with Crippen LogP contribution >= 0.6 is 24.4 Å². The zero-order valence-corrected chi connectivity index (χ0v) is 15.1. The molecule has 24 heavy (non-hydrogen) atoms. The number of nitrogens with one attached hydrogen (secondary N) is 1. The maximum absolute atomic E-state index is 12.5. The van der Waals surface area contributed by atoms with Gasteiger partial charge in [0.1, 0.15) is 11.5 Å². The first-order valence-corrected chi connectivity index (χ1v) is 9.72. The normalized spacial score (nSPS) is 21.8. The Morgan fingerprint density at radius 2 is 1.67 bits per heavy atom. The minimum absolute atomic E-state index is 0.141. The van der Waals surface area contributed by atoms with E-state index in [2.05, 4.69) is 17.4 Å². The van der Waals surface area contributed by atoms with Crippen molar-refractivity contribution in [2.45, 2.75) is 16.2 Å². The van der Waals surface area contributed by atoms with Gasteiger partial charge in [-0.15, -0.1) is 0 Å². The van der Waals surface area contributed by atoms with E-state index in [1.54, 1.807) is 12.1 Å². The van der Waals surface area contributed by atoms with E-state index in [1.165, 1.54) is 16.6 Å². The highest BCUT2D eigenvalue weighted by Gasteiger charge is 2.33. The number of sulfonamides is 1. The van der Waals surface area contributed by atoms with Gasteiger partial charge in [-0.2, -0.15) is 12.6 Å². The molecule has 8 heteroatoms. The van der Waals surface area contributed by atoms with Gasteiger partial charge in [0, 0.05) is 24.4 Å². The van der Waals surface area contributed by atoms with Crippen molar-refractivity contribution in [3.63, 3.8) is 0 Å². The van der Waals surface area contributed by atoms with Gasteiger partial charge in [0.2, 0.25) is 10.0 Å². The number of ether oxygens (including phenoxy) is 1. The minimum Gasteiger partial charge on any atom is -0.457 e. The molecule has 1 fully saturated rings. The smallest absolute Gasteiger partial charge is 0.240 e. The molecule has 1 heterocycles. The van der Waals surface area contributed by atoms with E-state index in [9.17, 15) is 8.42 Å². The Bertz CT molecular complexity index is 785. The molecule has 0 radical (unpaired) electrons. The Hall–Kier alpha value is -1.25. The maximum atomic E-state index is 12.5. The molecule has 1 aliphatic rings. The van der Waals surface area contributed by atoms with E-state index >= 15 is 0 Å². The van der Waals surface area contributed by atoms with Crippen molar-refractivity contribution in [1.29, 1.82) is 0 Å². The van der Waals surface area contributed by atoms with Gasteiger partial charge >= 0.3 is 0 Å². The monoisotopic (exact) mass is 384 g/mol. The van der Waals surface area contributed by atoms with E-state index in [0.29, 0.717) is 24.6 Å². The summed E-state index contributed by atoms with van der Waals surface area (Å²) in [6.07, 6.45) is 0. The molecule has 2 aromatic carbocycles. The van der Waals surface area contributed by atoms with Gasteiger partial charge < -0.3 is 4.74 Å². The van der Waals surface area contributed by atoms with E-state index in [-0.39, 0.29) is 16.2 Å². The minimum atomic E-state index is -3.63. The molecule has 0 bridgehead atoms. The SMILES string of the molecule is O=S(=O)(N[C@@H]1CN(Cl)C[C@H]1S)c1ccc(Oc2ccccc2)cc1. The molecular weight excluding hydrogens is 368 g/mol. The zero-order chi connectivity index (χ0) is 17.2. The zero-order valence-electron chi connectivity index (χ0n) is 12.7. The van der Waals surface area contributed by atoms with E-state index in [4.69, 9.17) is 16.5 Å². The maximum Gasteiger partial charge on any atom is 0.240 e. The summed E-state index contributed by atoms with van der Waals surface area (Å²) in [5.41, 5.74) is 0. The molecule has 0 aromatic heterocycles. The summed E-state index contributed by atoms with van der Waals surface area (Å²) in [6.45, 7) is 0.950. The van der Waals surface area contributed by atoms with Crippen LogP contribution in [0.4, 0.5) is 0 Å². The first kappa shape index (κ1) is 17.6. The summed E-state index contributed by atoms with van der Waals surface area (Å²) in [6, 6.07) is 15.3. The van der Waals surface area contributed by atoms with Crippen LogP contribution in [0.25, 0.3) is 0 Å². The summed E-state index contributed by atoms with van der Waals surface area (Å²) in [5, 5.41) is -0.141. The topological polar surface area (TPSA) is 58.6 Å². The third-order valence-corrected chi connectivity index (χ3v) is 5.97. The highest BCUT2D eigenvalue weighted by atomic mass is 35.5. The average molecular weight is 385 g/mol. The number of thiol groups is 1. The summed E-state index contributed by atoms with van der Waals surface area (Å²) in [4.78, 5) is 0.177. The van der Waals surface area contributed by atoms with Gasteiger partial charge in [-0.25, -0.2) is 17.6 Å². The van der Waals surface area contributed by atoms with Gasteiger partial charge in [0.05, 0.1) is 4.90 Å². The van der Waals surface area contributed by atoms with Crippen LogP contribution in [0.15, 0.2) is 59.5 Å². The van der Waals surface area contributed by atoms with Crippen LogP contribution in [0.1, 0.15) is 0 Å². The third kappa shape index (κ3) is 4.23. The molecule has 0 spiro atoms. The molecule has 0 amide bonds. The molecule has 0 saturated carbocycles. The van der Waals surface area contributed by atoms with Crippen LogP contribution in [0, 0.1) is 0 Å². The lowest BCUT2D eigenvalue weighted by molar-refractivity contribution is 0.482. The van der Waals surface area contributed by atoms with Crippen LogP contribution < -0.4 is 9.46 Å². The van der Waals surface area contributed by atoms with E-state index in [1.807, 2.05) is 30.3 Å². The standard InChI is InChI=1S/C16H17ClN2O3S2/c17-19-10-15(16(23)11-19)18-24(20,21)14-8-6-13(7-9-14)22-12-4-2-1-3-5-12/h1-9,15-16,18,23H,10-11H2/t15-,16-/m1/s1. The number of hydrogen-bond acceptors (Lipinski definition) is 5. The van der Waals surface area contributed by atoms with Crippen molar-refractivity contribution in [3.8, 4) is 11.5 Å². The number of halogens is 1. The first-order chi connectivity index (χ1) is 11.4. The highest BCUT2D eigenvalue weighted by Crippen LogP contribution is 2.24. The van der Waals surface area contributed by atoms with E-state index < -0.39 is 10.0 Å². The summed E-state index contributed by atoms with van der Waals surface area (Å²) in [5.74, 6) is 1.26. The lowest BCUT2D eigenvalue weighted by atomic mass is 10.3.